The van der Waals surface area contributed by atoms with Gasteiger partial charge < -0.3 is 10.5 Å². The fourth-order valence-electron chi connectivity index (χ4n) is 2.57. The van der Waals surface area contributed by atoms with Gasteiger partial charge in [-0.3, -0.25) is 13.9 Å². The molecular formula is C15H15FN4O3. The predicted octanol–water partition coefficient (Wildman–Crippen LogP) is 0.367. The van der Waals surface area contributed by atoms with Crippen molar-refractivity contribution in [2.45, 2.75) is 12.5 Å². The molecule has 0 saturated carbocycles. The summed E-state index contributed by atoms with van der Waals surface area (Å²) in [6, 6.07) is 5.72. The molecule has 23 heavy (non-hydrogen) atoms. The Hall–Kier alpha value is -2.90. The molecule has 0 bridgehead atoms. The van der Waals surface area contributed by atoms with Crippen LogP contribution in [0.3, 0.4) is 0 Å². The predicted molar refractivity (Wildman–Crippen MR) is 82.0 cm³/mol. The van der Waals surface area contributed by atoms with Crippen molar-refractivity contribution in [1.29, 1.82) is 0 Å². The number of hydrogen-bond donors (Lipinski definition) is 2. The summed E-state index contributed by atoms with van der Waals surface area (Å²) >= 11 is 0. The van der Waals surface area contributed by atoms with Gasteiger partial charge in [0.15, 0.2) is 0 Å². The number of aromatic hydroxyl groups is 1. The van der Waals surface area contributed by atoms with Crippen molar-refractivity contribution in [1.82, 2.24) is 14.6 Å². The van der Waals surface area contributed by atoms with Gasteiger partial charge in [0.2, 0.25) is 5.88 Å². The van der Waals surface area contributed by atoms with Crippen LogP contribution in [0.5, 0.6) is 5.88 Å². The molecule has 0 saturated heterocycles. The minimum Gasteiger partial charge on any atom is -0.494 e. The first-order valence-corrected chi connectivity index (χ1v) is 6.97. The van der Waals surface area contributed by atoms with E-state index in [4.69, 9.17) is 0 Å². The Labute approximate surface area is 130 Å². The summed E-state index contributed by atoms with van der Waals surface area (Å²) in [5.41, 5.74) is 2.81. The molecule has 1 aromatic carbocycles. The Morgan fingerprint density at radius 2 is 1.87 bits per heavy atom. The lowest BCUT2D eigenvalue weighted by Crippen LogP contribution is -2.39. The summed E-state index contributed by atoms with van der Waals surface area (Å²) < 4.78 is 14.9. The number of hydrogen-bond acceptors (Lipinski definition) is 5. The zero-order chi connectivity index (χ0) is 16.7. The van der Waals surface area contributed by atoms with Crippen molar-refractivity contribution in [3.63, 3.8) is 0 Å². The molecule has 1 aromatic heterocycles. The highest BCUT2D eigenvalue weighted by Gasteiger charge is 2.27. The molecule has 0 spiro atoms. The van der Waals surface area contributed by atoms with E-state index < -0.39 is 17.1 Å². The van der Waals surface area contributed by atoms with Crippen LogP contribution in [-0.2, 0) is 14.1 Å². The summed E-state index contributed by atoms with van der Waals surface area (Å²) in [7, 11) is 2.72. The van der Waals surface area contributed by atoms with Crippen molar-refractivity contribution >= 4 is 5.71 Å². The van der Waals surface area contributed by atoms with Crippen LogP contribution in [0, 0.1) is 5.82 Å². The van der Waals surface area contributed by atoms with Crippen LogP contribution in [0.2, 0.25) is 0 Å². The molecule has 0 aliphatic carbocycles. The van der Waals surface area contributed by atoms with Gasteiger partial charge in [-0.25, -0.2) is 9.18 Å². The number of rotatable bonds is 2. The maximum absolute atomic E-state index is 13.0. The molecule has 1 aliphatic heterocycles. The third kappa shape index (κ3) is 2.41. The van der Waals surface area contributed by atoms with E-state index in [0.29, 0.717) is 12.1 Å². The van der Waals surface area contributed by atoms with Gasteiger partial charge in [0, 0.05) is 20.5 Å². The Kier molecular flexibility index (Phi) is 3.51. The first-order valence-electron chi connectivity index (χ1n) is 6.97. The summed E-state index contributed by atoms with van der Waals surface area (Å²) in [4.78, 5) is 24.0. The van der Waals surface area contributed by atoms with Gasteiger partial charge in [-0.15, -0.1) is 0 Å². The van der Waals surface area contributed by atoms with Crippen LogP contribution in [0.25, 0.3) is 0 Å². The molecule has 120 valence electrons. The molecule has 1 atom stereocenters. The van der Waals surface area contributed by atoms with Crippen molar-refractivity contribution in [3.8, 4) is 5.88 Å². The summed E-state index contributed by atoms with van der Waals surface area (Å²) in [5, 5.41) is 14.2. The molecular weight excluding hydrogens is 303 g/mol. The number of aromatic nitrogens is 2. The zero-order valence-corrected chi connectivity index (χ0v) is 12.6. The second-order valence-corrected chi connectivity index (χ2v) is 5.40. The average Bonchev–Trinajstić information content (AvgIpc) is 3.01. The number of hydrazone groups is 1. The lowest BCUT2D eigenvalue weighted by Gasteiger charge is -2.11. The van der Waals surface area contributed by atoms with E-state index in [1.54, 1.807) is 12.1 Å². The number of halogens is 1. The van der Waals surface area contributed by atoms with Gasteiger partial charge in [-0.1, -0.05) is 12.1 Å². The minimum absolute atomic E-state index is 0.00767. The smallest absolute Gasteiger partial charge is 0.333 e. The van der Waals surface area contributed by atoms with Crippen molar-refractivity contribution in [2.24, 2.45) is 19.2 Å². The van der Waals surface area contributed by atoms with Gasteiger partial charge in [0.1, 0.15) is 11.4 Å². The maximum Gasteiger partial charge on any atom is 0.333 e. The molecule has 0 fully saturated rings. The molecule has 0 unspecified atom stereocenters. The van der Waals surface area contributed by atoms with Gasteiger partial charge in [-0.05, 0) is 17.7 Å². The van der Waals surface area contributed by atoms with Crippen molar-refractivity contribution < 1.29 is 9.50 Å². The van der Waals surface area contributed by atoms with E-state index in [1.807, 2.05) is 0 Å². The first-order chi connectivity index (χ1) is 10.9. The minimum atomic E-state index is -0.613. The largest absolute Gasteiger partial charge is 0.494 e. The second-order valence-electron chi connectivity index (χ2n) is 5.40. The first kappa shape index (κ1) is 15.0. The third-order valence-corrected chi connectivity index (χ3v) is 3.95. The van der Waals surface area contributed by atoms with E-state index in [1.165, 1.54) is 26.2 Å². The second kappa shape index (κ2) is 5.38. The topological polar surface area (TPSA) is 88.6 Å². The lowest BCUT2D eigenvalue weighted by molar-refractivity contribution is 0.410. The highest BCUT2D eigenvalue weighted by Crippen LogP contribution is 2.25. The number of nitrogens with zero attached hydrogens (tertiary/aromatic N) is 3. The zero-order valence-electron chi connectivity index (χ0n) is 12.6. The highest BCUT2D eigenvalue weighted by atomic mass is 19.1. The highest BCUT2D eigenvalue weighted by molar-refractivity contribution is 6.03. The van der Waals surface area contributed by atoms with Gasteiger partial charge in [0.05, 0.1) is 11.8 Å². The molecule has 2 aromatic rings. The molecule has 0 radical (unpaired) electrons. The van der Waals surface area contributed by atoms with E-state index in [0.717, 1.165) is 14.7 Å². The van der Waals surface area contributed by atoms with Gasteiger partial charge in [0.25, 0.3) is 5.56 Å². The molecule has 2 N–H and O–H groups in total. The fourth-order valence-corrected chi connectivity index (χ4v) is 2.57. The summed E-state index contributed by atoms with van der Waals surface area (Å²) in [5.74, 6) is -0.754. The Morgan fingerprint density at radius 3 is 2.52 bits per heavy atom. The van der Waals surface area contributed by atoms with Crippen molar-refractivity contribution in [2.75, 3.05) is 0 Å². The Balaban J connectivity index is 1.98. The summed E-state index contributed by atoms with van der Waals surface area (Å²) in [6.07, 6.45) is 0.340. The van der Waals surface area contributed by atoms with E-state index in [9.17, 15) is 19.1 Å². The Bertz CT molecular complexity index is 912. The van der Waals surface area contributed by atoms with E-state index in [2.05, 4.69) is 10.5 Å². The number of benzene rings is 1. The lowest BCUT2D eigenvalue weighted by atomic mass is 10.00. The van der Waals surface area contributed by atoms with Crippen LogP contribution < -0.4 is 16.7 Å². The van der Waals surface area contributed by atoms with E-state index >= 15 is 0 Å². The number of nitrogens with one attached hydrogen (secondary N) is 1. The molecule has 0 amide bonds. The quantitative estimate of drug-likeness (QED) is 0.837. The average molecular weight is 318 g/mol. The Morgan fingerprint density at radius 1 is 1.22 bits per heavy atom. The van der Waals surface area contributed by atoms with Gasteiger partial charge in [-0.2, -0.15) is 5.10 Å². The third-order valence-electron chi connectivity index (χ3n) is 3.95. The van der Waals surface area contributed by atoms with Crippen molar-refractivity contribution in [3.05, 3.63) is 62.0 Å². The molecule has 8 heteroatoms. The fraction of sp³-hybridized carbons (Fsp3) is 0.267. The van der Waals surface area contributed by atoms with Crippen LogP contribution in [0.15, 0.2) is 39.0 Å². The maximum atomic E-state index is 13.0. The van der Waals surface area contributed by atoms with Gasteiger partial charge >= 0.3 is 5.69 Å². The van der Waals surface area contributed by atoms with Crippen LogP contribution in [-0.4, -0.2) is 20.0 Å². The van der Waals surface area contributed by atoms with Crippen LogP contribution >= 0.6 is 0 Å². The monoisotopic (exact) mass is 318 g/mol. The van der Waals surface area contributed by atoms with Crippen LogP contribution in [0.4, 0.5) is 4.39 Å². The summed E-state index contributed by atoms with van der Waals surface area (Å²) in [6.45, 7) is 0. The molecule has 1 aliphatic rings. The molecule has 2 heterocycles. The SMILES string of the molecule is Cn1c(O)c(C2=NN[C@H](c3ccc(F)cc3)C2)c(=O)n(C)c1=O. The standard InChI is InChI=1S/C15H15FN4O3/c1-19-13(21)12(14(22)20(2)15(19)23)11-7-10(17-18-11)8-3-5-9(16)6-4-8/h3-6,10,17,21H,7H2,1-2H3/t10-/m0/s1. The van der Waals surface area contributed by atoms with Crippen LogP contribution in [0.1, 0.15) is 23.6 Å². The molecule has 7 nitrogen and oxygen atoms in total. The normalized spacial score (nSPS) is 17.0. The molecule has 3 rings (SSSR count). The van der Waals surface area contributed by atoms with E-state index in [-0.39, 0.29) is 17.4 Å².